The van der Waals surface area contributed by atoms with Gasteiger partial charge in [0.05, 0.1) is 0 Å². The van der Waals surface area contributed by atoms with E-state index >= 15 is 0 Å². The molecule has 5 heteroatoms. The number of fused-ring (bicyclic) bond motifs is 1. The average Bonchev–Trinajstić information content (AvgIpc) is 3.20. The predicted octanol–water partition coefficient (Wildman–Crippen LogP) is 5.81. The van der Waals surface area contributed by atoms with E-state index in [1.54, 1.807) is 19.2 Å². The topological polar surface area (TPSA) is 43.3 Å². The van der Waals surface area contributed by atoms with Crippen LogP contribution in [0.3, 0.4) is 0 Å². The number of hydrogen-bond acceptors (Lipinski definition) is 2. The molecular formula is C29H31FN2O2. The van der Waals surface area contributed by atoms with E-state index in [1.165, 1.54) is 23.3 Å². The van der Waals surface area contributed by atoms with Crippen molar-refractivity contribution in [3.63, 3.8) is 0 Å². The number of carbonyl (C=O) groups is 1. The summed E-state index contributed by atoms with van der Waals surface area (Å²) in [4.78, 5) is 12.9. The Morgan fingerprint density at radius 2 is 1.76 bits per heavy atom. The number of methoxy groups -OCH3 is 1. The summed E-state index contributed by atoms with van der Waals surface area (Å²) in [6, 6.07) is 23.3. The van der Waals surface area contributed by atoms with Crippen LogP contribution in [-0.4, -0.2) is 30.7 Å². The van der Waals surface area contributed by atoms with Gasteiger partial charge >= 0.3 is 0 Å². The van der Waals surface area contributed by atoms with E-state index in [2.05, 4.69) is 59.4 Å². The first-order chi connectivity index (χ1) is 16.5. The summed E-state index contributed by atoms with van der Waals surface area (Å²) >= 11 is 0. The summed E-state index contributed by atoms with van der Waals surface area (Å²) in [6.45, 7) is 3.99. The van der Waals surface area contributed by atoms with Crippen molar-refractivity contribution in [3.8, 4) is 0 Å². The molecule has 0 bridgehead atoms. The lowest BCUT2D eigenvalue weighted by atomic mass is 9.88. The highest BCUT2D eigenvalue weighted by Crippen LogP contribution is 2.35. The number of benzene rings is 3. The highest BCUT2D eigenvalue weighted by Gasteiger charge is 2.23. The number of carbonyl (C=O) groups excluding carboxylic acids is 1. The highest BCUT2D eigenvalue weighted by molar-refractivity contribution is 5.86. The number of aryl methyl sites for hydroxylation is 1. The maximum absolute atomic E-state index is 13.7. The minimum absolute atomic E-state index is 0.0270. The molecule has 1 amide bonds. The molecule has 0 radical (unpaired) electrons. The molecule has 4 rings (SSSR count). The number of nitrogens with one attached hydrogen (secondary N) is 1. The molecule has 1 aromatic heterocycles. The minimum atomic E-state index is -0.284. The SMILES string of the molecule is COCCCNC(=O)CC(c1ccc(F)cc1)c1cn(Cc2ccc(C)cc2)c2ccccc12. The molecule has 4 aromatic rings. The standard InChI is InChI=1S/C29H31FN2O2/c1-21-8-10-22(11-9-21)19-32-20-27(25-6-3-4-7-28(25)32)26(23-12-14-24(30)15-13-23)18-29(33)31-16-5-17-34-2/h3-4,6-15,20,26H,5,16-19H2,1-2H3,(H,31,33). The van der Waals surface area contributed by atoms with Crippen LogP contribution < -0.4 is 5.32 Å². The van der Waals surface area contributed by atoms with Gasteiger partial charge in [0.1, 0.15) is 5.82 Å². The van der Waals surface area contributed by atoms with Crippen LogP contribution in [0, 0.1) is 12.7 Å². The Morgan fingerprint density at radius 1 is 1.03 bits per heavy atom. The van der Waals surface area contributed by atoms with Gasteiger partial charge in [0, 0.05) is 56.2 Å². The third kappa shape index (κ3) is 5.72. The van der Waals surface area contributed by atoms with Crippen LogP contribution in [0.1, 0.15) is 41.0 Å². The maximum Gasteiger partial charge on any atom is 0.220 e. The Morgan fingerprint density at radius 3 is 2.50 bits per heavy atom. The zero-order valence-corrected chi connectivity index (χ0v) is 19.8. The van der Waals surface area contributed by atoms with Crippen LogP contribution in [-0.2, 0) is 16.1 Å². The molecule has 0 saturated carbocycles. The van der Waals surface area contributed by atoms with E-state index in [0.29, 0.717) is 13.2 Å². The first-order valence-electron chi connectivity index (χ1n) is 11.7. The quantitative estimate of drug-likeness (QED) is 0.305. The number of aromatic nitrogens is 1. The largest absolute Gasteiger partial charge is 0.385 e. The first kappa shape index (κ1) is 23.7. The predicted molar refractivity (Wildman–Crippen MR) is 135 cm³/mol. The summed E-state index contributed by atoms with van der Waals surface area (Å²) in [5, 5.41) is 4.11. The fourth-order valence-corrected chi connectivity index (χ4v) is 4.38. The lowest BCUT2D eigenvalue weighted by Gasteiger charge is -2.17. The van der Waals surface area contributed by atoms with Crippen molar-refractivity contribution in [2.24, 2.45) is 0 Å². The molecule has 4 nitrogen and oxygen atoms in total. The summed E-state index contributed by atoms with van der Waals surface area (Å²) in [5.41, 5.74) is 5.56. The van der Waals surface area contributed by atoms with Gasteiger partial charge in [-0.05, 0) is 48.2 Å². The molecule has 0 spiro atoms. The second-order valence-corrected chi connectivity index (χ2v) is 8.72. The number of hydrogen-bond donors (Lipinski definition) is 1. The zero-order chi connectivity index (χ0) is 23.9. The molecule has 0 saturated heterocycles. The monoisotopic (exact) mass is 458 g/mol. The maximum atomic E-state index is 13.7. The Bertz CT molecular complexity index is 1230. The molecule has 1 heterocycles. The normalized spacial score (nSPS) is 12.1. The van der Waals surface area contributed by atoms with E-state index in [1.807, 2.05) is 12.1 Å². The van der Waals surface area contributed by atoms with Crippen molar-refractivity contribution in [2.75, 3.05) is 20.3 Å². The number of nitrogens with zero attached hydrogens (tertiary/aromatic N) is 1. The second-order valence-electron chi connectivity index (χ2n) is 8.72. The number of ether oxygens (including phenoxy) is 1. The van der Waals surface area contributed by atoms with Crippen LogP contribution in [0.4, 0.5) is 4.39 Å². The molecule has 0 aliphatic carbocycles. The molecular weight excluding hydrogens is 427 g/mol. The van der Waals surface area contributed by atoms with Gasteiger partial charge in [0.25, 0.3) is 0 Å². The molecule has 0 fully saturated rings. The Hall–Kier alpha value is -3.44. The lowest BCUT2D eigenvalue weighted by molar-refractivity contribution is -0.121. The Labute approximate surface area is 200 Å². The van der Waals surface area contributed by atoms with Gasteiger partial charge in [0.2, 0.25) is 5.91 Å². The van der Waals surface area contributed by atoms with E-state index in [4.69, 9.17) is 4.74 Å². The molecule has 1 N–H and O–H groups in total. The fraction of sp³-hybridized carbons (Fsp3) is 0.276. The van der Waals surface area contributed by atoms with Crippen LogP contribution >= 0.6 is 0 Å². The van der Waals surface area contributed by atoms with Gasteiger partial charge in [-0.2, -0.15) is 0 Å². The molecule has 1 unspecified atom stereocenters. The van der Waals surface area contributed by atoms with Crippen LogP contribution in [0.2, 0.25) is 0 Å². The highest BCUT2D eigenvalue weighted by atomic mass is 19.1. The second kappa shape index (κ2) is 11.1. The van der Waals surface area contributed by atoms with Crippen LogP contribution in [0.25, 0.3) is 10.9 Å². The summed E-state index contributed by atoms with van der Waals surface area (Å²) < 4.78 is 21.0. The molecule has 0 aliphatic heterocycles. The summed E-state index contributed by atoms with van der Waals surface area (Å²) in [7, 11) is 1.65. The van der Waals surface area contributed by atoms with Crippen molar-refractivity contribution in [2.45, 2.75) is 32.2 Å². The zero-order valence-electron chi connectivity index (χ0n) is 19.8. The van der Waals surface area contributed by atoms with Gasteiger partial charge in [-0.25, -0.2) is 4.39 Å². The van der Waals surface area contributed by atoms with Crippen molar-refractivity contribution < 1.29 is 13.9 Å². The first-order valence-corrected chi connectivity index (χ1v) is 11.7. The Balaban J connectivity index is 1.69. The minimum Gasteiger partial charge on any atom is -0.385 e. The average molecular weight is 459 g/mol. The lowest BCUT2D eigenvalue weighted by Crippen LogP contribution is -2.27. The number of halogens is 1. The van der Waals surface area contributed by atoms with Crippen LogP contribution in [0.5, 0.6) is 0 Å². The third-order valence-corrected chi connectivity index (χ3v) is 6.18. The molecule has 34 heavy (non-hydrogen) atoms. The summed E-state index contributed by atoms with van der Waals surface area (Å²) in [6.07, 6.45) is 3.20. The van der Waals surface area contributed by atoms with Crippen LogP contribution in [0.15, 0.2) is 79.0 Å². The van der Waals surface area contributed by atoms with E-state index in [-0.39, 0.29) is 24.1 Å². The van der Waals surface area contributed by atoms with Crippen molar-refractivity contribution >= 4 is 16.8 Å². The smallest absolute Gasteiger partial charge is 0.220 e. The number of amides is 1. The Kier molecular flexibility index (Phi) is 7.76. The third-order valence-electron chi connectivity index (χ3n) is 6.18. The van der Waals surface area contributed by atoms with E-state index < -0.39 is 0 Å². The molecule has 3 aromatic carbocycles. The van der Waals surface area contributed by atoms with Crippen molar-refractivity contribution in [1.29, 1.82) is 0 Å². The summed E-state index contributed by atoms with van der Waals surface area (Å²) in [5.74, 6) is -0.499. The van der Waals surface area contributed by atoms with Gasteiger partial charge < -0.3 is 14.6 Å². The molecule has 0 aliphatic rings. The van der Waals surface area contributed by atoms with Crippen molar-refractivity contribution in [1.82, 2.24) is 9.88 Å². The van der Waals surface area contributed by atoms with E-state index in [0.717, 1.165) is 35.0 Å². The fourth-order valence-electron chi connectivity index (χ4n) is 4.38. The number of rotatable bonds is 10. The number of para-hydroxylation sites is 1. The molecule has 176 valence electrons. The van der Waals surface area contributed by atoms with Gasteiger partial charge in [-0.3, -0.25) is 4.79 Å². The van der Waals surface area contributed by atoms with Gasteiger partial charge in [-0.15, -0.1) is 0 Å². The van der Waals surface area contributed by atoms with E-state index in [9.17, 15) is 9.18 Å². The molecule has 1 atom stereocenters. The van der Waals surface area contributed by atoms with Crippen molar-refractivity contribution in [3.05, 3.63) is 107 Å². The van der Waals surface area contributed by atoms with Gasteiger partial charge in [-0.1, -0.05) is 60.2 Å². The van der Waals surface area contributed by atoms with Gasteiger partial charge in [0.15, 0.2) is 0 Å².